The summed E-state index contributed by atoms with van der Waals surface area (Å²) < 4.78 is 5.53. The van der Waals surface area contributed by atoms with Crippen LogP contribution in [0.4, 0.5) is 0 Å². The maximum absolute atomic E-state index is 10.6. The highest BCUT2D eigenvalue weighted by Crippen LogP contribution is 2.27. The van der Waals surface area contributed by atoms with Crippen LogP contribution < -0.4 is 10.5 Å². The van der Waals surface area contributed by atoms with E-state index >= 15 is 0 Å². The van der Waals surface area contributed by atoms with Crippen molar-refractivity contribution in [1.82, 2.24) is 0 Å². The maximum Gasteiger partial charge on any atom is 0.141 e. The first-order chi connectivity index (χ1) is 7.04. The van der Waals surface area contributed by atoms with Crippen molar-refractivity contribution in [2.24, 2.45) is 5.73 Å². The molecule has 15 heavy (non-hydrogen) atoms. The minimum atomic E-state index is -0.697. The van der Waals surface area contributed by atoms with Gasteiger partial charge in [0.1, 0.15) is 12.0 Å². The molecule has 0 bridgehead atoms. The molecule has 0 amide bonds. The Morgan fingerprint density at radius 2 is 2.13 bits per heavy atom. The molecule has 82 valence electrons. The standard InChI is InChI=1S/C11H14ClNO2/c1-7(2)15-11-4-3-8(12)5-9(11)10(13)6-14/h3-7,10H,13H2,1-2H3. The second-order valence-electron chi connectivity index (χ2n) is 3.51. The lowest BCUT2D eigenvalue weighted by molar-refractivity contribution is -0.109. The number of aldehydes is 1. The van der Waals surface area contributed by atoms with E-state index in [2.05, 4.69) is 0 Å². The van der Waals surface area contributed by atoms with Gasteiger partial charge in [-0.3, -0.25) is 0 Å². The van der Waals surface area contributed by atoms with Gasteiger partial charge in [0.25, 0.3) is 0 Å². The molecule has 0 aromatic heterocycles. The Bertz CT molecular complexity index is 352. The first-order valence-corrected chi connectivity index (χ1v) is 5.09. The Labute approximate surface area is 94.2 Å². The van der Waals surface area contributed by atoms with Gasteiger partial charge < -0.3 is 15.3 Å². The maximum atomic E-state index is 10.6. The molecule has 0 saturated carbocycles. The first kappa shape index (κ1) is 12.0. The number of nitrogens with two attached hydrogens (primary N) is 1. The van der Waals surface area contributed by atoms with Crippen LogP contribution in [0.3, 0.4) is 0 Å². The summed E-state index contributed by atoms with van der Waals surface area (Å²) in [5.74, 6) is 0.606. The summed E-state index contributed by atoms with van der Waals surface area (Å²) in [6, 6.07) is 4.39. The number of carbonyl (C=O) groups is 1. The number of rotatable bonds is 4. The zero-order chi connectivity index (χ0) is 11.4. The van der Waals surface area contributed by atoms with Crippen molar-refractivity contribution in [3.63, 3.8) is 0 Å². The number of carbonyl (C=O) groups excluding carboxylic acids is 1. The summed E-state index contributed by atoms with van der Waals surface area (Å²) in [5, 5.41) is 0.540. The highest BCUT2D eigenvalue weighted by molar-refractivity contribution is 6.30. The van der Waals surface area contributed by atoms with Crippen molar-refractivity contribution < 1.29 is 9.53 Å². The van der Waals surface area contributed by atoms with Crippen molar-refractivity contribution in [2.45, 2.75) is 26.0 Å². The predicted octanol–water partition coefficient (Wildman–Crippen LogP) is 2.33. The number of hydrogen-bond donors (Lipinski definition) is 1. The van der Waals surface area contributed by atoms with Crippen LogP contribution in [-0.2, 0) is 4.79 Å². The molecule has 0 aliphatic rings. The number of ether oxygens (including phenoxy) is 1. The van der Waals surface area contributed by atoms with Gasteiger partial charge in [-0.2, -0.15) is 0 Å². The molecule has 4 heteroatoms. The zero-order valence-electron chi connectivity index (χ0n) is 8.74. The Morgan fingerprint density at radius 3 is 2.67 bits per heavy atom. The molecule has 0 aliphatic heterocycles. The van der Waals surface area contributed by atoms with Crippen molar-refractivity contribution in [3.8, 4) is 5.75 Å². The monoisotopic (exact) mass is 227 g/mol. The highest BCUT2D eigenvalue weighted by Gasteiger charge is 2.12. The van der Waals surface area contributed by atoms with Gasteiger partial charge in [0.05, 0.1) is 12.1 Å². The summed E-state index contributed by atoms with van der Waals surface area (Å²) in [7, 11) is 0. The van der Waals surface area contributed by atoms with E-state index in [1.165, 1.54) is 0 Å². The first-order valence-electron chi connectivity index (χ1n) is 4.71. The Balaban J connectivity index is 3.08. The fraction of sp³-hybridized carbons (Fsp3) is 0.364. The number of hydrogen-bond acceptors (Lipinski definition) is 3. The summed E-state index contributed by atoms with van der Waals surface area (Å²) in [4.78, 5) is 10.6. The molecular formula is C11H14ClNO2. The highest BCUT2D eigenvalue weighted by atomic mass is 35.5. The molecular weight excluding hydrogens is 214 g/mol. The molecule has 0 aliphatic carbocycles. The van der Waals surface area contributed by atoms with Gasteiger partial charge >= 0.3 is 0 Å². The van der Waals surface area contributed by atoms with Gasteiger partial charge in [-0.25, -0.2) is 0 Å². The lowest BCUT2D eigenvalue weighted by Crippen LogP contribution is -2.15. The van der Waals surface area contributed by atoms with Crippen LogP contribution in [0.5, 0.6) is 5.75 Å². The van der Waals surface area contributed by atoms with Crippen molar-refractivity contribution >= 4 is 17.9 Å². The van der Waals surface area contributed by atoms with Crippen LogP contribution in [0.25, 0.3) is 0 Å². The van der Waals surface area contributed by atoms with E-state index in [1.807, 2.05) is 13.8 Å². The quantitative estimate of drug-likeness (QED) is 0.804. The van der Waals surface area contributed by atoms with Gasteiger partial charge in [0.2, 0.25) is 0 Å². The summed E-state index contributed by atoms with van der Waals surface area (Å²) in [5.41, 5.74) is 6.25. The van der Waals surface area contributed by atoms with Crippen LogP contribution in [0.1, 0.15) is 25.5 Å². The van der Waals surface area contributed by atoms with Crippen LogP contribution in [0.2, 0.25) is 5.02 Å². The largest absolute Gasteiger partial charge is 0.491 e. The van der Waals surface area contributed by atoms with Gasteiger partial charge in [0, 0.05) is 10.6 Å². The van der Waals surface area contributed by atoms with Gasteiger partial charge in [-0.1, -0.05) is 11.6 Å². The zero-order valence-corrected chi connectivity index (χ0v) is 9.49. The molecule has 2 N–H and O–H groups in total. The SMILES string of the molecule is CC(C)Oc1ccc(Cl)cc1C(N)C=O. The van der Waals surface area contributed by atoms with E-state index in [0.717, 1.165) is 0 Å². The average Bonchev–Trinajstić information content (AvgIpc) is 2.19. The molecule has 1 rings (SSSR count). The smallest absolute Gasteiger partial charge is 0.141 e. The Morgan fingerprint density at radius 1 is 1.47 bits per heavy atom. The molecule has 0 radical (unpaired) electrons. The summed E-state index contributed by atoms with van der Waals surface area (Å²) in [6.07, 6.45) is 0.697. The van der Waals surface area contributed by atoms with Crippen LogP contribution >= 0.6 is 11.6 Å². The second kappa shape index (κ2) is 5.14. The summed E-state index contributed by atoms with van der Waals surface area (Å²) in [6.45, 7) is 3.82. The molecule has 1 aromatic carbocycles. The average molecular weight is 228 g/mol. The minimum absolute atomic E-state index is 0.0313. The molecule has 1 aromatic rings. The van der Waals surface area contributed by atoms with Crippen LogP contribution in [0, 0.1) is 0 Å². The number of halogens is 1. The Hall–Kier alpha value is -1.06. The normalized spacial score (nSPS) is 12.6. The third-order valence-electron chi connectivity index (χ3n) is 1.84. The van der Waals surface area contributed by atoms with Crippen LogP contribution in [0.15, 0.2) is 18.2 Å². The van der Waals surface area contributed by atoms with E-state index < -0.39 is 6.04 Å². The van der Waals surface area contributed by atoms with Gasteiger partial charge in [-0.05, 0) is 32.0 Å². The van der Waals surface area contributed by atoms with E-state index in [1.54, 1.807) is 18.2 Å². The third kappa shape index (κ3) is 3.22. The molecule has 0 heterocycles. The van der Waals surface area contributed by atoms with Crippen molar-refractivity contribution in [3.05, 3.63) is 28.8 Å². The van der Waals surface area contributed by atoms with E-state index in [0.29, 0.717) is 22.6 Å². The van der Waals surface area contributed by atoms with Gasteiger partial charge in [-0.15, -0.1) is 0 Å². The third-order valence-corrected chi connectivity index (χ3v) is 2.08. The lowest BCUT2D eigenvalue weighted by Gasteiger charge is -2.15. The molecule has 1 unspecified atom stereocenters. The number of benzene rings is 1. The van der Waals surface area contributed by atoms with Crippen LogP contribution in [-0.4, -0.2) is 12.4 Å². The van der Waals surface area contributed by atoms with Crippen molar-refractivity contribution in [2.75, 3.05) is 0 Å². The van der Waals surface area contributed by atoms with E-state index in [4.69, 9.17) is 22.1 Å². The van der Waals surface area contributed by atoms with E-state index in [9.17, 15) is 4.79 Å². The van der Waals surface area contributed by atoms with Gasteiger partial charge in [0.15, 0.2) is 0 Å². The van der Waals surface area contributed by atoms with E-state index in [-0.39, 0.29) is 6.10 Å². The second-order valence-corrected chi connectivity index (χ2v) is 3.95. The fourth-order valence-corrected chi connectivity index (χ4v) is 1.39. The lowest BCUT2D eigenvalue weighted by atomic mass is 10.1. The fourth-order valence-electron chi connectivity index (χ4n) is 1.21. The molecule has 0 spiro atoms. The summed E-state index contributed by atoms with van der Waals surface area (Å²) >= 11 is 5.83. The Kier molecular flexibility index (Phi) is 4.12. The molecule has 0 fully saturated rings. The predicted molar refractivity (Wildman–Crippen MR) is 60.2 cm³/mol. The minimum Gasteiger partial charge on any atom is -0.491 e. The molecule has 0 saturated heterocycles. The molecule has 3 nitrogen and oxygen atoms in total. The molecule has 1 atom stereocenters. The van der Waals surface area contributed by atoms with Crippen molar-refractivity contribution in [1.29, 1.82) is 0 Å². The topological polar surface area (TPSA) is 52.3 Å².